The van der Waals surface area contributed by atoms with Crippen molar-refractivity contribution in [2.24, 2.45) is 0 Å². The van der Waals surface area contributed by atoms with Crippen molar-refractivity contribution in [3.63, 3.8) is 0 Å². The van der Waals surface area contributed by atoms with Crippen molar-refractivity contribution in [2.75, 3.05) is 17.4 Å². The molecule has 0 saturated carbocycles. The van der Waals surface area contributed by atoms with Crippen molar-refractivity contribution in [3.05, 3.63) is 53.1 Å². The summed E-state index contributed by atoms with van der Waals surface area (Å²) in [5.74, 6) is 0.331. The maximum absolute atomic E-state index is 13.3. The van der Waals surface area contributed by atoms with Gasteiger partial charge in [0, 0.05) is 12.1 Å². The van der Waals surface area contributed by atoms with Crippen LogP contribution in [0.2, 0.25) is 0 Å². The van der Waals surface area contributed by atoms with Gasteiger partial charge in [-0.15, -0.1) is 0 Å². The van der Waals surface area contributed by atoms with Gasteiger partial charge in [-0.3, -0.25) is 9.10 Å². The number of sulfonamides is 1. The third-order valence-electron chi connectivity index (χ3n) is 4.73. The van der Waals surface area contributed by atoms with Crippen LogP contribution in [0.3, 0.4) is 0 Å². The van der Waals surface area contributed by atoms with Crippen molar-refractivity contribution >= 4 is 21.6 Å². The van der Waals surface area contributed by atoms with E-state index in [0.29, 0.717) is 30.0 Å². The van der Waals surface area contributed by atoms with E-state index in [9.17, 15) is 13.2 Å². The minimum absolute atomic E-state index is 0.119. The van der Waals surface area contributed by atoms with Crippen LogP contribution in [-0.4, -0.2) is 33.5 Å². The average Bonchev–Trinajstić information content (AvgIpc) is 2.60. The van der Waals surface area contributed by atoms with E-state index < -0.39 is 10.0 Å². The Hall–Kier alpha value is -2.54. The zero-order valence-corrected chi connectivity index (χ0v) is 15.5. The van der Waals surface area contributed by atoms with Crippen molar-refractivity contribution in [1.29, 1.82) is 0 Å². The van der Waals surface area contributed by atoms with Gasteiger partial charge in [0.05, 0.1) is 17.1 Å². The molecule has 0 spiro atoms. The topological polar surface area (TPSA) is 75.7 Å². The van der Waals surface area contributed by atoms with E-state index in [1.807, 2.05) is 26.0 Å². The molecule has 0 aliphatic carbocycles. The Labute approximate surface area is 152 Å². The molecule has 136 valence electrons. The van der Waals surface area contributed by atoms with Crippen molar-refractivity contribution < 1.29 is 17.9 Å². The highest BCUT2D eigenvalue weighted by Gasteiger charge is 2.33. The number of anilines is 1. The Morgan fingerprint density at radius 3 is 2.81 bits per heavy atom. The number of rotatable bonds is 2. The summed E-state index contributed by atoms with van der Waals surface area (Å²) in [5, 5.41) is 2.76. The normalized spacial score (nSPS) is 19.2. The zero-order valence-electron chi connectivity index (χ0n) is 14.7. The number of carbonyl (C=O) groups excluding carboxylic acids is 1. The van der Waals surface area contributed by atoms with E-state index in [1.54, 1.807) is 18.2 Å². The molecular weight excluding hydrogens is 352 g/mol. The van der Waals surface area contributed by atoms with E-state index in [0.717, 1.165) is 11.1 Å². The molecule has 26 heavy (non-hydrogen) atoms. The number of amides is 1. The third-order valence-corrected chi connectivity index (χ3v) is 6.50. The van der Waals surface area contributed by atoms with Crippen molar-refractivity contribution in [3.8, 4) is 5.75 Å². The number of aryl methyl sites for hydroxylation is 1. The molecule has 2 aromatic rings. The molecule has 1 unspecified atom stereocenters. The van der Waals surface area contributed by atoms with Gasteiger partial charge in [0.25, 0.3) is 15.9 Å². The summed E-state index contributed by atoms with van der Waals surface area (Å²) in [7, 11) is -3.80. The lowest BCUT2D eigenvalue weighted by Crippen LogP contribution is -2.42. The van der Waals surface area contributed by atoms with Crippen LogP contribution in [0.25, 0.3) is 0 Å². The number of nitrogens with zero attached hydrogens (tertiary/aromatic N) is 1. The fourth-order valence-electron chi connectivity index (χ4n) is 3.41. The van der Waals surface area contributed by atoms with Crippen LogP contribution in [0.5, 0.6) is 5.75 Å². The van der Waals surface area contributed by atoms with Crippen LogP contribution < -0.4 is 14.4 Å². The predicted octanol–water partition coefficient (Wildman–Crippen LogP) is 2.26. The lowest BCUT2D eigenvalue weighted by atomic mass is 10.0. The average molecular weight is 372 g/mol. The minimum Gasteiger partial charge on any atom is -0.487 e. The monoisotopic (exact) mass is 372 g/mol. The summed E-state index contributed by atoms with van der Waals surface area (Å²) in [6.45, 7) is 4.57. The van der Waals surface area contributed by atoms with Gasteiger partial charge in [0.2, 0.25) is 0 Å². The van der Waals surface area contributed by atoms with Crippen LogP contribution in [-0.2, 0) is 16.4 Å². The highest BCUT2D eigenvalue weighted by molar-refractivity contribution is 7.92. The highest BCUT2D eigenvalue weighted by Crippen LogP contribution is 2.37. The molecule has 7 heteroatoms. The van der Waals surface area contributed by atoms with Gasteiger partial charge < -0.3 is 10.1 Å². The summed E-state index contributed by atoms with van der Waals surface area (Å²) in [6.07, 6.45) is 0.443. The quantitative estimate of drug-likeness (QED) is 0.877. The summed E-state index contributed by atoms with van der Waals surface area (Å²) < 4.78 is 33.8. The van der Waals surface area contributed by atoms with E-state index in [2.05, 4.69) is 5.32 Å². The number of nitrogens with one attached hydrogen (secondary N) is 1. The predicted molar refractivity (Wildman–Crippen MR) is 98.3 cm³/mol. The fourth-order valence-corrected chi connectivity index (χ4v) is 4.99. The number of ether oxygens (including phenoxy) is 1. The van der Waals surface area contributed by atoms with E-state index in [4.69, 9.17) is 4.74 Å². The fraction of sp³-hybridized carbons (Fsp3) is 0.316. The molecular formula is C19H20N2O4S. The number of hydrogen-bond acceptors (Lipinski definition) is 4. The molecule has 0 bridgehead atoms. The molecule has 2 heterocycles. The molecule has 0 radical (unpaired) electrons. The van der Waals surface area contributed by atoms with Gasteiger partial charge in [-0.05, 0) is 55.7 Å². The van der Waals surface area contributed by atoms with Crippen LogP contribution in [0, 0.1) is 6.92 Å². The maximum atomic E-state index is 13.3. The molecule has 0 saturated heterocycles. The van der Waals surface area contributed by atoms with Crippen LogP contribution in [0.1, 0.15) is 28.4 Å². The zero-order chi connectivity index (χ0) is 18.5. The van der Waals surface area contributed by atoms with Crippen LogP contribution in [0.4, 0.5) is 5.69 Å². The van der Waals surface area contributed by atoms with Gasteiger partial charge >= 0.3 is 0 Å². The van der Waals surface area contributed by atoms with Gasteiger partial charge in [0.1, 0.15) is 11.9 Å². The van der Waals surface area contributed by atoms with Gasteiger partial charge in [-0.2, -0.15) is 0 Å². The van der Waals surface area contributed by atoms with Gasteiger partial charge in [-0.1, -0.05) is 12.1 Å². The first-order chi connectivity index (χ1) is 12.4. The lowest BCUT2D eigenvalue weighted by molar-refractivity contribution is 0.0945. The molecule has 2 aliphatic rings. The van der Waals surface area contributed by atoms with Crippen LogP contribution >= 0.6 is 0 Å². The summed E-state index contributed by atoms with van der Waals surface area (Å²) in [6, 6.07) is 10.3. The number of hydrogen-bond donors (Lipinski definition) is 1. The van der Waals surface area contributed by atoms with Crippen molar-refractivity contribution in [1.82, 2.24) is 5.32 Å². The Bertz CT molecular complexity index is 1000. The number of benzene rings is 2. The molecule has 4 rings (SSSR count). The molecule has 1 N–H and O–H groups in total. The van der Waals surface area contributed by atoms with E-state index >= 15 is 0 Å². The standard InChI is InChI=1S/C19H20N2O4S/c1-12-3-6-17-18(9-12)25-13(2)11-21(17)26(23,24)15-5-4-14-7-8-20-19(22)16(14)10-15/h3-6,9-10,13H,7-8,11H2,1-2H3,(H,20,22). The molecule has 0 aromatic heterocycles. The Morgan fingerprint density at radius 2 is 2.00 bits per heavy atom. The van der Waals surface area contributed by atoms with Crippen molar-refractivity contribution in [2.45, 2.75) is 31.3 Å². The molecule has 2 aliphatic heterocycles. The van der Waals surface area contributed by atoms with Gasteiger partial charge in [0.15, 0.2) is 0 Å². The summed E-state index contributed by atoms with van der Waals surface area (Å²) in [4.78, 5) is 12.2. The van der Waals surface area contributed by atoms with E-state index in [1.165, 1.54) is 10.4 Å². The largest absolute Gasteiger partial charge is 0.487 e. The maximum Gasteiger partial charge on any atom is 0.264 e. The molecule has 6 nitrogen and oxygen atoms in total. The molecule has 1 amide bonds. The van der Waals surface area contributed by atoms with Crippen LogP contribution in [0.15, 0.2) is 41.3 Å². The molecule has 0 fully saturated rings. The van der Waals surface area contributed by atoms with E-state index in [-0.39, 0.29) is 23.5 Å². The number of carbonyl (C=O) groups is 1. The minimum atomic E-state index is -3.80. The third kappa shape index (κ3) is 2.72. The molecule has 1 atom stereocenters. The Morgan fingerprint density at radius 1 is 1.19 bits per heavy atom. The Kier molecular flexibility index (Phi) is 3.91. The smallest absolute Gasteiger partial charge is 0.264 e. The SMILES string of the molecule is Cc1ccc2c(c1)OC(C)CN2S(=O)(=O)c1ccc2c(c1)C(=O)NCC2. The summed E-state index contributed by atoms with van der Waals surface area (Å²) >= 11 is 0. The first-order valence-corrected chi connectivity index (χ1v) is 10.0. The number of fused-ring (bicyclic) bond motifs is 2. The first-order valence-electron chi connectivity index (χ1n) is 8.57. The lowest BCUT2D eigenvalue weighted by Gasteiger charge is -2.34. The second-order valence-electron chi connectivity index (χ2n) is 6.76. The second-order valence-corrected chi connectivity index (χ2v) is 8.62. The first kappa shape index (κ1) is 16.9. The second kappa shape index (κ2) is 6.02. The Balaban J connectivity index is 1.81. The summed E-state index contributed by atoms with van der Waals surface area (Å²) in [5.41, 5.74) is 2.83. The van der Waals surface area contributed by atoms with Gasteiger partial charge in [-0.25, -0.2) is 8.42 Å². The highest BCUT2D eigenvalue weighted by atomic mass is 32.2. The molecule has 2 aromatic carbocycles.